The van der Waals surface area contributed by atoms with E-state index in [0.29, 0.717) is 38.9 Å². The summed E-state index contributed by atoms with van der Waals surface area (Å²) in [7, 11) is 0. The fourth-order valence-corrected chi connectivity index (χ4v) is 2.44. The van der Waals surface area contributed by atoms with E-state index in [0.717, 1.165) is 5.56 Å². The van der Waals surface area contributed by atoms with Gasteiger partial charge in [-0.15, -0.1) is 0 Å². The van der Waals surface area contributed by atoms with Crippen LogP contribution in [0, 0.1) is 11.7 Å². The van der Waals surface area contributed by atoms with Crippen molar-refractivity contribution in [3.05, 3.63) is 35.6 Å². The Balaban J connectivity index is 1.70. The molecule has 1 aromatic carbocycles. The van der Waals surface area contributed by atoms with Gasteiger partial charge < -0.3 is 16.0 Å². The average molecular weight is 293 g/mol. The molecule has 1 saturated heterocycles. The molecular formula is C15H20FN3O2. The molecule has 0 aliphatic carbocycles. The molecule has 1 fully saturated rings. The van der Waals surface area contributed by atoms with Crippen molar-refractivity contribution in [3.8, 4) is 0 Å². The van der Waals surface area contributed by atoms with Crippen molar-refractivity contribution in [2.75, 3.05) is 19.6 Å². The van der Waals surface area contributed by atoms with Gasteiger partial charge in [-0.1, -0.05) is 12.1 Å². The molecule has 21 heavy (non-hydrogen) atoms. The highest BCUT2D eigenvalue weighted by molar-refractivity contribution is 5.78. The third kappa shape index (κ3) is 4.44. The highest BCUT2D eigenvalue weighted by atomic mass is 19.1. The number of hydrogen-bond donors (Lipinski definition) is 2. The molecule has 0 spiro atoms. The number of halogens is 1. The molecule has 0 saturated carbocycles. The third-order valence-corrected chi connectivity index (χ3v) is 3.79. The topological polar surface area (TPSA) is 75.4 Å². The molecule has 5 nitrogen and oxygen atoms in total. The van der Waals surface area contributed by atoms with Crippen LogP contribution in [-0.2, 0) is 11.2 Å². The lowest BCUT2D eigenvalue weighted by molar-refractivity contribution is -0.123. The maximum atomic E-state index is 12.8. The van der Waals surface area contributed by atoms with E-state index in [-0.39, 0.29) is 23.7 Å². The van der Waals surface area contributed by atoms with Crippen molar-refractivity contribution in [1.82, 2.24) is 10.2 Å². The van der Waals surface area contributed by atoms with Gasteiger partial charge in [0.2, 0.25) is 5.91 Å². The number of piperidine rings is 1. The predicted octanol–water partition coefficient (Wildman–Crippen LogP) is 1.28. The van der Waals surface area contributed by atoms with Gasteiger partial charge in [-0.05, 0) is 37.0 Å². The Morgan fingerprint density at radius 1 is 1.24 bits per heavy atom. The van der Waals surface area contributed by atoms with Gasteiger partial charge >= 0.3 is 6.03 Å². The van der Waals surface area contributed by atoms with Crippen LogP contribution in [0.5, 0.6) is 0 Å². The maximum Gasteiger partial charge on any atom is 0.317 e. The molecule has 1 aliphatic heterocycles. The van der Waals surface area contributed by atoms with Crippen LogP contribution in [0.4, 0.5) is 9.18 Å². The predicted molar refractivity (Wildman–Crippen MR) is 77.0 cm³/mol. The second-order valence-corrected chi connectivity index (χ2v) is 5.27. The first kappa shape index (κ1) is 15.3. The van der Waals surface area contributed by atoms with Crippen LogP contribution in [0.3, 0.4) is 0 Å². The molecule has 6 heteroatoms. The number of amides is 3. The van der Waals surface area contributed by atoms with E-state index in [1.165, 1.54) is 12.1 Å². The number of benzene rings is 1. The molecule has 1 aliphatic rings. The van der Waals surface area contributed by atoms with Crippen LogP contribution in [0.1, 0.15) is 18.4 Å². The highest BCUT2D eigenvalue weighted by Crippen LogP contribution is 2.16. The Hall–Kier alpha value is -2.11. The molecule has 0 atom stereocenters. The van der Waals surface area contributed by atoms with Crippen LogP contribution < -0.4 is 11.1 Å². The summed E-state index contributed by atoms with van der Waals surface area (Å²) in [5, 5.41) is 2.84. The lowest BCUT2D eigenvalue weighted by Gasteiger charge is -2.30. The van der Waals surface area contributed by atoms with Gasteiger partial charge in [-0.3, -0.25) is 4.79 Å². The minimum Gasteiger partial charge on any atom is -0.369 e. The van der Waals surface area contributed by atoms with E-state index in [2.05, 4.69) is 5.32 Å². The van der Waals surface area contributed by atoms with Gasteiger partial charge in [0.15, 0.2) is 0 Å². The van der Waals surface area contributed by atoms with Crippen LogP contribution in [-0.4, -0.2) is 36.5 Å². The molecule has 0 bridgehead atoms. The molecule has 3 N–H and O–H groups in total. The standard InChI is InChI=1S/C15H20FN3O2/c16-13-3-1-11(2-4-13)5-8-18-15(21)19-9-6-12(7-10-19)14(17)20/h1-4,12H,5-10H2,(H2,17,20)(H,18,21). The molecule has 0 radical (unpaired) electrons. The summed E-state index contributed by atoms with van der Waals surface area (Å²) in [5.74, 6) is -0.667. The van der Waals surface area contributed by atoms with Crippen molar-refractivity contribution >= 4 is 11.9 Å². The number of nitrogens with one attached hydrogen (secondary N) is 1. The first-order chi connectivity index (χ1) is 10.1. The van der Waals surface area contributed by atoms with Crippen molar-refractivity contribution in [2.45, 2.75) is 19.3 Å². The van der Waals surface area contributed by atoms with Crippen molar-refractivity contribution in [2.24, 2.45) is 11.7 Å². The molecule has 1 aromatic rings. The van der Waals surface area contributed by atoms with E-state index in [1.807, 2.05) is 0 Å². The number of primary amides is 1. The highest BCUT2D eigenvalue weighted by Gasteiger charge is 2.25. The molecule has 3 amide bonds. The Labute approximate surface area is 123 Å². The normalized spacial score (nSPS) is 15.8. The zero-order chi connectivity index (χ0) is 15.2. The zero-order valence-electron chi connectivity index (χ0n) is 11.8. The third-order valence-electron chi connectivity index (χ3n) is 3.79. The first-order valence-electron chi connectivity index (χ1n) is 7.13. The van der Waals surface area contributed by atoms with E-state index < -0.39 is 0 Å². The Morgan fingerprint density at radius 2 is 1.86 bits per heavy atom. The molecule has 114 valence electrons. The second-order valence-electron chi connectivity index (χ2n) is 5.27. The van der Waals surface area contributed by atoms with E-state index >= 15 is 0 Å². The lowest BCUT2D eigenvalue weighted by atomic mass is 9.96. The molecule has 1 heterocycles. The molecular weight excluding hydrogens is 273 g/mol. The Kier molecular flexibility index (Phi) is 5.14. The number of hydrogen-bond acceptors (Lipinski definition) is 2. The Bertz CT molecular complexity index is 496. The summed E-state index contributed by atoms with van der Waals surface area (Å²) in [4.78, 5) is 24.7. The molecule has 0 unspecified atom stereocenters. The van der Waals surface area contributed by atoms with Gasteiger partial charge in [-0.2, -0.15) is 0 Å². The van der Waals surface area contributed by atoms with E-state index in [9.17, 15) is 14.0 Å². The fraction of sp³-hybridized carbons (Fsp3) is 0.467. The smallest absolute Gasteiger partial charge is 0.317 e. The van der Waals surface area contributed by atoms with Crippen LogP contribution >= 0.6 is 0 Å². The van der Waals surface area contributed by atoms with E-state index in [4.69, 9.17) is 5.73 Å². The second kappa shape index (κ2) is 7.06. The average Bonchev–Trinajstić information content (AvgIpc) is 2.49. The van der Waals surface area contributed by atoms with Crippen molar-refractivity contribution in [1.29, 1.82) is 0 Å². The van der Waals surface area contributed by atoms with Crippen LogP contribution in [0.25, 0.3) is 0 Å². The van der Waals surface area contributed by atoms with E-state index in [1.54, 1.807) is 17.0 Å². The summed E-state index contributed by atoms with van der Waals surface area (Å²) < 4.78 is 12.8. The number of nitrogens with zero attached hydrogens (tertiary/aromatic N) is 1. The van der Waals surface area contributed by atoms with Crippen LogP contribution in [0.2, 0.25) is 0 Å². The largest absolute Gasteiger partial charge is 0.369 e. The summed E-state index contributed by atoms with van der Waals surface area (Å²) in [5.41, 5.74) is 6.24. The summed E-state index contributed by atoms with van der Waals surface area (Å²) in [6, 6.07) is 6.11. The number of rotatable bonds is 4. The van der Waals surface area contributed by atoms with Gasteiger partial charge in [-0.25, -0.2) is 9.18 Å². The quantitative estimate of drug-likeness (QED) is 0.877. The monoisotopic (exact) mass is 293 g/mol. The van der Waals surface area contributed by atoms with Crippen LogP contribution in [0.15, 0.2) is 24.3 Å². The minimum atomic E-state index is -0.286. The fourth-order valence-electron chi connectivity index (χ4n) is 2.44. The van der Waals surface area contributed by atoms with Gasteiger partial charge in [0.05, 0.1) is 0 Å². The number of nitrogens with two attached hydrogens (primary N) is 1. The SMILES string of the molecule is NC(=O)C1CCN(C(=O)NCCc2ccc(F)cc2)CC1. The van der Waals surface area contributed by atoms with Crippen molar-refractivity contribution in [3.63, 3.8) is 0 Å². The number of urea groups is 1. The number of likely N-dealkylation sites (tertiary alicyclic amines) is 1. The lowest BCUT2D eigenvalue weighted by Crippen LogP contribution is -2.46. The minimum absolute atomic E-state index is 0.117. The van der Waals surface area contributed by atoms with Gasteiger partial charge in [0.25, 0.3) is 0 Å². The Morgan fingerprint density at radius 3 is 2.43 bits per heavy atom. The number of carbonyl (C=O) groups excluding carboxylic acids is 2. The van der Waals surface area contributed by atoms with Gasteiger partial charge in [0, 0.05) is 25.6 Å². The summed E-state index contributed by atoms with van der Waals surface area (Å²) in [6.07, 6.45) is 1.91. The zero-order valence-corrected chi connectivity index (χ0v) is 11.8. The summed E-state index contributed by atoms with van der Waals surface area (Å²) >= 11 is 0. The van der Waals surface area contributed by atoms with Gasteiger partial charge in [0.1, 0.15) is 5.82 Å². The first-order valence-corrected chi connectivity index (χ1v) is 7.13. The number of carbonyl (C=O) groups is 2. The summed E-state index contributed by atoms with van der Waals surface area (Å²) in [6.45, 7) is 1.60. The molecule has 2 rings (SSSR count). The molecule has 0 aromatic heterocycles. The van der Waals surface area contributed by atoms with Crippen molar-refractivity contribution < 1.29 is 14.0 Å². The maximum absolute atomic E-state index is 12.8.